The number of benzene rings is 2. The zero-order valence-corrected chi connectivity index (χ0v) is 9.55. The fraction of sp³-hybridized carbons (Fsp3) is 0.0769. The van der Waals surface area contributed by atoms with Gasteiger partial charge in [-0.2, -0.15) is 0 Å². The summed E-state index contributed by atoms with van der Waals surface area (Å²) in [5.41, 5.74) is 7.92. The molecular formula is C13H11ClFN. The van der Waals surface area contributed by atoms with Gasteiger partial charge in [-0.3, -0.25) is 0 Å². The van der Waals surface area contributed by atoms with Crippen molar-refractivity contribution < 1.29 is 4.39 Å². The first-order chi connectivity index (χ1) is 7.59. The Bertz CT molecular complexity index is 520. The summed E-state index contributed by atoms with van der Waals surface area (Å²) < 4.78 is 13.9. The smallest absolute Gasteiger partial charge is 0.135 e. The molecule has 0 heterocycles. The van der Waals surface area contributed by atoms with E-state index in [0.29, 0.717) is 21.8 Å². The first-order valence-electron chi connectivity index (χ1n) is 4.90. The van der Waals surface area contributed by atoms with E-state index in [1.807, 2.05) is 0 Å². The summed E-state index contributed by atoms with van der Waals surface area (Å²) in [5, 5.41) is 0.635. The molecule has 16 heavy (non-hydrogen) atoms. The molecule has 0 radical (unpaired) electrons. The highest BCUT2D eigenvalue weighted by atomic mass is 35.5. The van der Waals surface area contributed by atoms with E-state index >= 15 is 0 Å². The molecule has 0 spiro atoms. The van der Waals surface area contributed by atoms with Crippen molar-refractivity contribution in [3.05, 3.63) is 52.8 Å². The Morgan fingerprint density at radius 1 is 1.06 bits per heavy atom. The molecule has 2 rings (SSSR count). The third kappa shape index (κ3) is 1.89. The summed E-state index contributed by atoms with van der Waals surface area (Å²) in [7, 11) is 0. The second-order valence-corrected chi connectivity index (χ2v) is 4.08. The van der Waals surface area contributed by atoms with E-state index in [1.54, 1.807) is 43.3 Å². The Morgan fingerprint density at radius 2 is 1.69 bits per heavy atom. The van der Waals surface area contributed by atoms with Gasteiger partial charge >= 0.3 is 0 Å². The maximum absolute atomic E-state index is 13.9. The van der Waals surface area contributed by atoms with Crippen LogP contribution in [-0.4, -0.2) is 0 Å². The van der Waals surface area contributed by atoms with Crippen LogP contribution < -0.4 is 5.73 Å². The fourth-order valence-corrected chi connectivity index (χ4v) is 1.68. The summed E-state index contributed by atoms with van der Waals surface area (Å²) in [6.45, 7) is 1.67. The van der Waals surface area contributed by atoms with Gasteiger partial charge in [-0.15, -0.1) is 0 Å². The van der Waals surface area contributed by atoms with E-state index in [4.69, 9.17) is 17.3 Å². The quantitative estimate of drug-likeness (QED) is 0.742. The Kier molecular flexibility index (Phi) is 2.84. The highest BCUT2D eigenvalue weighted by Crippen LogP contribution is 2.28. The highest BCUT2D eigenvalue weighted by molar-refractivity contribution is 6.30. The predicted octanol–water partition coefficient (Wildman–Crippen LogP) is 4.04. The van der Waals surface area contributed by atoms with Gasteiger partial charge in [-0.25, -0.2) is 4.39 Å². The van der Waals surface area contributed by atoms with Crippen LogP contribution in [0.1, 0.15) is 5.56 Å². The van der Waals surface area contributed by atoms with E-state index in [-0.39, 0.29) is 5.82 Å². The average Bonchev–Trinajstić information content (AvgIpc) is 2.28. The number of hydrogen-bond donors (Lipinski definition) is 1. The molecule has 0 aromatic heterocycles. The molecule has 2 aromatic rings. The van der Waals surface area contributed by atoms with Gasteiger partial charge in [-0.05, 0) is 36.8 Å². The van der Waals surface area contributed by atoms with Crippen LogP contribution in [0.15, 0.2) is 36.4 Å². The molecule has 0 saturated carbocycles. The number of halogens is 2. The van der Waals surface area contributed by atoms with Gasteiger partial charge in [0.25, 0.3) is 0 Å². The van der Waals surface area contributed by atoms with Crippen molar-refractivity contribution in [3.8, 4) is 11.1 Å². The Morgan fingerprint density at radius 3 is 2.31 bits per heavy atom. The number of rotatable bonds is 1. The number of nitrogens with two attached hydrogens (primary N) is 1. The van der Waals surface area contributed by atoms with E-state index < -0.39 is 0 Å². The molecule has 1 nitrogen and oxygen atoms in total. The SMILES string of the molecule is Cc1c(N)ccc(-c2ccc(Cl)cc2)c1F. The Labute approximate surface area is 98.7 Å². The summed E-state index contributed by atoms with van der Waals surface area (Å²) in [6.07, 6.45) is 0. The minimum absolute atomic E-state index is 0.276. The maximum atomic E-state index is 13.9. The van der Waals surface area contributed by atoms with Crippen LogP contribution in [0.3, 0.4) is 0 Å². The van der Waals surface area contributed by atoms with Crippen LogP contribution in [-0.2, 0) is 0 Å². The molecule has 2 aromatic carbocycles. The lowest BCUT2D eigenvalue weighted by Gasteiger charge is -2.08. The summed E-state index contributed by atoms with van der Waals surface area (Å²) in [5.74, 6) is -0.276. The molecule has 0 atom stereocenters. The largest absolute Gasteiger partial charge is 0.398 e. The van der Waals surface area contributed by atoms with E-state index in [9.17, 15) is 4.39 Å². The average molecular weight is 236 g/mol. The molecule has 2 N–H and O–H groups in total. The standard InChI is InChI=1S/C13H11ClFN/c1-8-12(16)7-6-11(13(8)15)9-2-4-10(14)5-3-9/h2-7H,16H2,1H3. The monoisotopic (exact) mass is 235 g/mol. The summed E-state index contributed by atoms with van der Waals surface area (Å²) in [4.78, 5) is 0. The Hall–Kier alpha value is -1.54. The van der Waals surface area contributed by atoms with Crippen LogP contribution in [0.4, 0.5) is 10.1 Å². The Balaban J connectivity index is 2.57. The highest BCUT2D eigenvalue weighted by Gasteiger charge is 2.09. The normalized spacial score (nSPS) is 10.4. The zero-order valence-electron chi connectivity index (χ0n) is 8.80. The van der Waals surface area contributed by atoms with Gasteiger partial charge in [0, 0.05) is 21.8 Å². The van der Waals surface area contributed by atoms with Crippen molar-refractivity contribution in [2.24, 2.45) is 0 Å². The molecule has 0 aliphatic heterocycles. The number of hydrogen-bond acceptors (Lipinski definition) is 1. The van der Waals surface area contributed by atoms with Crippen molar-refractivity contribution in [2.45, 2.75) is 6.92 Å². The van der Waals surface area contributed by atoms with E-state index in [0.717, 1.165) is 5.56 Å². The van der Waals surface area contributed by atoms with Crippen LogP contribution >= 0.6 is 11.6 Å². The van der Waals surface area contributed by atoms with Crippen molar-refractivity contribution >= 4 is 17.3 Å². The fourth-order valence-electron chi connectivity index (χ4n) is 1.55. The molecule has 0 aliphatic carbocycles. The predicted molar refractivity (Wildman–Crippen MR) is 66.0 cm³/mol. The lowest BCUT2D eigenvalue weighted by Crippen LogP contribution is -1.95. The maximum Gasteiger partial charge on any atom is 0.135 e. The van der Waals surface area contributed by atoms with Crippen LogP contribution in [0.25, 0.3) is 11.1 Å². The van der Waals surface area contributed by atoms with Gasteiger partial charge in [0.1, 0.15) is 5.82 Å². The molecule has 82 valence electrons. The number of anilines is 1. The van der Waals surface area contributed by atoms with Crippen molar-refractivity contribution in [3.63, 3.8) is 0 Å². The van der Waals surface area contributed by atoms with Gasteiger partial charge < -0.3 is 5.73 Å². The molecular weight excluding hydrogens is 225 g/mol. The van der Waals surface area contributed by atoms with Gasteiger partial charge in [0.15, 0.2) is 0 Å². The molecule has 0 bridgehead atoms. The topological polar surface area (TPSA) is 26.0 Å². The first kappa shape index (κ1) is 11.0. The van der Waals surface area contributed by atoms with Gasteiger partial charge in [-0.1, -0.05) is 23.7 Å². The van der Waals surface area contributed by atoms with Crippen molar-refractivity contribution in [2.75, 3.05) is 5.73 Å². The second-order valence-electron chi connectivity index (χ2n) is 3.65. The molecule has 0 saturated heterocycles. The first-order valence-corrected chi connectivity index (χ1v) is 5.28. The summed E-state index contributed by atoms with van der Waals surface area (Å²) in [6, 6.07) is 10.4. The van der Waals surface area contributed by atoms with E-state index in [2.05, 4.69) is 0 Å². The molecule has 0 amide bonds. The van der Waals surface area contributed by atoms with Gasteiger partial charge in [0.2, 0.25) is 0 Å². The lowest BCUT2D eigenvalue weighted by molar-refractivity contribution is 0.623. The third-order valence-electron chi connectivity index (χ3n) is 2.58. The minimum atomic E-state index is -0.276. The van der Waals surface area contributed by atoms with Crippen molar-refractivity contribution in [1.82, 2.24) is 0 Å². The number of nitrogen functional groups attached to an aromatic ring is 1. The van der Waals surface area contributed by atoms with Crippen LogP contribution in [0, 0.1) is 12.7 Å². The van der Waals surface area contributed by atoms with Gasteiger partial charge in [0.05, 0.1) is 0 Å². The van der Waals surface area contributed by atoms with Crippen molar-refractivity contribution in [1.29, 1.82) is 0 Å². The van der Waals surface area contributed by atoms with Crippen LogP contribution in [0.2, 0.25) is 5.02 Å². The zero-order chi connectivity index (χ0) is 11.7. The third-order valence-corrected chi connectivity index (χ3v) is 2.84. The van der Waals surface area contributed by atoms with E-state index in [1.165, 1.54) is 0 Å². The molecule has 3 heteroatoms. The molecule has 0 fully saturated rings. The molecule has 0 unspecified atom stereocenters. The minimum Gasteiger partial charge on any atom is -0.398 e. The second kappa shape index (κ2) is 4.14. The van der Waals surface area contributed by atoms with Crippen LogP contribution in [0.5, 0.6) is 0 Å². The molecule has 0 aliphatic rings. The lowest BCUT2D eigenvalue weighted by atomic mass is 10.0. The summed E-state index contributed by atoms with van der Waals surface area (Å²) >= 11 is 5.78.